The zero-order valence-corrected chi connectivity index (χ0v) is 12.9. The molecule has 102 valence electrons. The molecule has 1 saturated carbocycles. The van der Waals surface area contributed by atoms with Gasteiger partial charge in [0.05, 0.1) is 10.4 Å². The molecule has 5 heteroatoms. The van der Waals surface area contributed by atoms with Gasteiger partial charge in [-0.05, 0) is 48.0 Å². The molecule has 1 rings (SSSR count). The molecule has 1 fully saturated rings. The van der Waals surface area contributed by atoms with Crippen molar-refractivity contribution in [1.29, 1.82) is 0 Å². The van der Waals surface area contributed by atoms with E-state index < -0.39 is 23.5 Å². The lowest BCUT2D eigenvalue weighted by Gasteiger charge is -2.19. The van der Waals surface area contributed by atoms with Gasteiger partial charge < -0.3 is 9.84 Å². The molecule has 18 heavy (non-hydrogen) atoms. The molecular formula is C13H19BrO4. The van der Waals surface area contributed by atoms with Gasteiger partial charge in [-0.1, -0.05) is 19.9 Å². The topological polar surface area (TPSA) is 63.6 Å². The van der Waals surface area contributed by atoms with Crippen LogP contribution < -0.4 is 0 Å². The molecule has 0 spiro atoms. The minimum Gasteiger partial charge on any atom is -0.481 e. The molecule has 0 heterocycles. The van der Waals surface area contributed by atoms with E-state index >= 15 is 0 Å². The van der Waals surface area contributed by atoms with E-state index in [9.17, 15) is 9.59 Å². The normalized spacial score (nSPS) is 26.7. The van der Waals surface area contributed by atoms with Crippen LogP contribution in [-0.4, -0.2) is 22.6 Å². The van der Waals surface area contributed by atoms with Crippen LogP contribution in [0.1, 0.15) is 34.6 Å². The van der Waals surface area contributed by atoms with Crippen molar-refractivity contribution in [1.82, 2.24) is 0 Å². The zero-order valence-electron chi connectivity index (χ0n) is 11.3. The van der Waals surface area contributed by atoms with Crippen molar-refractivity contribution in [3.05, 3.63) is 10.6 Å². The highest BCUT2D eigenvalue weighted by atomic mass is 79.9. The van der Waals surface area contributed by atoms with Crippen LogP contribution in [0.5, 0.6) is 0 Å². The highest BCUT2D eigenvalue weighted by molar-refractivity contribution is 9.12. The second kappa shape index (κ2) is 4.68. The van der Waals surface area contributed by atoms with Crippen molar-refractivity contribution in [3.8, 4) is 0 Å². The van der Waals surface area contributed by atoms with Crippen LogP contribution >= 0.6 is 15.9 Å². The average molecular weight is 319 g/mol. The molecule has 4 nitrogen and oxygen atoms in total. The number of allylic oxidation sites excluding steroid dienone is 1. The lowest BCUT2D eigenvalue weighted by atomic mass is 10.1. The first-order valence-electron chi connectivity index (χ1n) is 5.80. The molecule has 0 amide bonds. The van der Waals surface area contributed by atoms with Crippen LogP contribution in [0.2, 0.25) is 0 Å². The molecule has 0 radical (unpaired) electrons. The first-order valence-corrected chi connectivity index (χ1v) is 6.59. The van der Waals surface area contributed by atoms with E-state index in [1.54, 1.807) is 26.8 Å². The molecule has 0 unspecified atom stereocenters. The second-order valence-corrected chi connectivity index (χ2v) is 7.03. The number of hydrogen-bond acceptors (Lipinski definition) is 3. The molecule has 0 aromatic carbocycles. The van der Waals surface area contributed by atoms with Crippen molar-refractivity contribution in [2.75, 3.05) is 0 Å². The maximum absolute atomic E-state index is 11.7. The van der Waals surface area contributed by atoms with Gasteiger partial charge >= 0.3 is 11.9 Å². The molecule has 0 aromatic heterocycles. The molecule has 0 aromatic rings. The Morgan fingerprint density at radius 3 is 2.17 bits per heavy atom. The van der Waals surface area contributed by atoms with Gasteiger partial charge in [0.2, 0.25) is 0 Å². The van der Waals surface area contributed by atoms with Gasteiger partial charge in [-0.2, -0.15) is 0 Å². The largest absolute Gasteiger partial charge is 0.481 e. The molecule has 1 N–H and O–H groups in total. The molecule has 2 atom stereocenters. The van der Waals surface area contributed by atoms with Crippen molar-refractivity contribution >= 4 is 27.9 Å². The third kappa shape index (κ3) is 3.34. The third-order valence-electron chi connectivity index (χ3n) is 3.10. The van der Waals surface area contributed by atoms with Crippen LogP contribution in [-0.2, 0) is 14.3 Å². The Kier molecular flexibility index (Phi) is 3.96. The number of hydrogen-bond donors (Lipinski definition) is 1. The Morgan fingerprint density at radius 1 is 1.33 bits per heavy atom. The van der Waals surface area contributed by atoms with E-state index in [0.717, 1.165) is 0 Å². The maximum Gasteiger partial charge on any atom is 0.345 e. The summed E-state index contributed by atoms with van der Waals surface area (Å²) < 4.78 is 5.48. The van der Waals surface area contributed by atoms with Crippen molar-refractivity contribution in [2.45, 2.75) is 40.2 Å². The van der Waals surface area contributed by atoms with Crippen LogP contribution in [0.25, 0.3) is 0 Å². The Bertz CT molecular complexity index is 404. The number of carbonyl (C=O) groups is 2. The third-order valence-corrected chi connectivity index (χ3v) is 3.68. The number of carboxylic acid groups (broad SMARTS) is 1. The fraction of sp³-hybridized carbons (Fsp3) is 0.692. The number of halogens is 1. The first kappa shape index (κ1) is 15.2. The molecule has 0 aliphatic heterocycles. The summed E-state index contributed by atoms with van der Waals surface area (Å²) in [7, 11) is 0. The molecule has 0 saturated heterocycles. The van der Waals surface area contributed by atoms with Crippen LogP contribution in [0, 0.1) is 17.3 Å². The Labute approximate surface area is 116 Å². The Morgan fingerprint density at radius 2 is 1.83 bits per heavy atom. The fourth-order valence-electron chi connectivity index (χ4n) is 2.01. The van der Waals surface area contributed by atoms with Gasteiger partial charge in [-0.25, -0.2) is 4.79 Å². The Balaban J connectivity index is 2.74. The summed E-state index contributed by atoms with van der Waals surface area (Å²) in [5, 5.41) is 9.04. The summed E-state index contributed by atoms with van der Waals surface area (Å²) in [6.07, 6.45) is 1.65. The highest BCUT2D eigenvalue weighted by Gasteiger charge is 2.61. The Hall–Kier alpha value is -0.840. The summed E-state index contributed by atoms with van der Waals surface area (Å²) in [6.45, 7) is 9.11. The predicted octanol–water partition coefficient (Wildman–Crippen LogP) is 2.96. The van der Waals surface area contributed by atoms with Gasteiger partial charge in [-0.3, -0.25) is 4.79 Å². The number of ether oxygens (including phenoxy) is 1. The fourth-order valence-corrected chi connectivity index (χ4v) is 2.38. The van der Waals surface area contributed by atoms with Crippen LogP contribution in [0.4, 0.5) is 0 Å². The molecule has 1 aliphatic carbocycles. The summed E-state index contributed by atoms with van der Waals surface area (Å²) in [5.41, 5.74) is -0.873. The lowest BCUT2D eigenvalue weighted by molar-refractivity contribution is -0.149. The quantitative estimate of drug-likeness (QED) is 0.642. The average Bonchev–Trinajstić information content (AvgIpc) is 2.64. The number of carboxylic acids is 1. The van der Waals surface area contributed by atoms with E-state index in [0.29, 0.717) is 4.48 Å². The number of carbonyl (C=O) groups excluding carboxylic acids is 1. The predicted molar refractivity (Wildman–Crippen MR) is 71.3 cm³/mol. The van der Waals surface area contributed by atoms with Gasteiger partial charge in [0.1, 0.15) is 5.60 Å². The highest BCUT2D eigenvalue weighted by Crippen LogP contribution is 2.59. The van der Waals surface area contributed by atoms with E-state index in [4.69, 9.17) is 9.84 Å². The SMILES string of the molecule is CC(C)(C)OC(=O)/C(Br)=C/[C@H]1[C@@H](C(=O)O)C1(C)C. The minimum absolute atomic E-state index is 0.142. The number of esters is 1. The molecule has 0 bridgehead atoms. The van der Waals surface area contributed by atoms with Crippen molar-refractivity contribution < 1.29 is 19.4 Å². The first-order chi connectivity index (χ1) is 7.97. The van der Waals surface area contributed by atoms with Crippen molar-refractivity contribution in [2.24, 2.45) is 17.3 Å². The number of rotatable bonds is 3. The van der Waals surface area contributed by atoms with Crippen molar-refractivity contribution in [3.63, 3.8) is 0 Å². The maximum atomic E-state index is 11.7. The van der Waals surface area contributed by atoms with E-state index in [2.05, 4.69) is 15.9 Å². The minimum atomic E-state index is -0.828. The van der Waals surface area contributed by atoms with Gasteiger partial charge in [0, 0.05) is 0 Å². The van der Waals surface area contributed by atoms with Gasteiger partial charge in [0.25, 0.3) is 0 Å². The van der Waals surface area contributed by atoms with Crippen LogP contribution in [0.15, 0.2) is 10.6 Å². The van der Waals surface area contributed by atoms with Gasteiger partial charge in [-0.15, -0.1) is 0 Å². The second-order valence-electron chi connectivity index (χ2n) is 6.18. The standard InChI is InChI=1S/C13H19BrO4/c1-12(2,3)18-11(17)8(14)6-7-9(10(15)16)13(7,4)5/h6-7,9H,1-5H3,(H,15,16)/b8-6-/t7-,9-/m0/s1. The summed E-state index contributed by atoms with van der Waals surface area (Å²) >= 11 is 3.16. The summed E-state index contributed by atoms with van der Waals surface area (Å²) in [4.78, 5) is 22.7. The number of aliphatic carboxylic acids is 1. The zero-order chi connectivity index (χ0) is 14.3. The van der Waals surface area contributed by atoms with Gasteiger partial charge in [0.15, 0.2) is 0 Å². The molecule has 1 aliphatic rings. The smallest absolute Gasteiger partial charge is 0.345 e. The lowest BCUT2D eigenvalue weighted by Crippen LogP contribution is -2.23. The monoisotopic (exact) mass is 318 g/mol. The summed E-state index contributed by atoms with van der Waals surface area (Å²) in [6, 6.07) is 0. The van der Waals surface area contributed by atoms with E-state index in [-0.39, 0.29) is 11.3 Å². The van der Waals surface area contributed by atoms with E-state index in [1.165, 1.54) is 0 Å². The molecular weight excluding hydrogens is 300 g/mol. The van der Waals surface area contributed by atoms with E-state index in [1.807, 2.05) is 13.8 Å². The van der Waals surface area contributed by atoms with Crippen LogP contribution in [0.3, 0.4) is 0 Å². The summed E-state index contributed by atoms with van der Waals surface area (Å²) in [5.74, 6) is -1.87.